The Bertz CT molecular complexity index is 1290. The molecular weight excluding hydrogens is 454 g/mol. The summed E-state index contributed by atoms with van der Waals surface area (Å²) in [6.45, 7) is 8.33. The monoisotopic (exact) mass is 487 g/mol. The Balaban J connectivity index is 1.39. The molecule has 1 fully saturated rings. The molecule has 5 rings (SSSR count). The van der Waals surface area contributed by atoms with Crippen molar-refractivity contribution in [3.8, 4) is 5.69 Å². The summed E-state index contributed by atoms with van der Waals surface area (Å²) >= 11 is 1.44. The lowest BCUT2D eigenvalue weighted by Gasteiger charge is -2.20. The predicted octanol–water partition coefficient (Wildman–Crippen LogP) is 6.69. The van der Waals surface area contributed by atoms with Crippen molar-refractivity contribution in [1.82, 2.24) is 9.58 Å². The number of benzene rings is 1. The van der Waals surface area contributed by atoms with Gasteiger partial charge in [0.05, 0.1) is 5.57 Å². The van der Waals surface area contributed by atoms with E-state index in [4.69, 9.17) is 5.41 Å². The van der Waals surface area contributed by atoms with Gasteiger partial charge in [0.2, 0.25) is 5.17 Å². The minimum atomic E-state index is -0.367. The van der Waals surface area contributed by atoms with Gasteiger partial charge in [-0.2, -0.15) is 15.1 Å². The predicted molar refractivity (Wildman–Crippen MR) is 146 cm³/mol. The zero-order valence-corrected chi connectivity index (χ0v) is 21.8. The van der Waals surface area contributed by atoms with Crippen LogP contribution in [-0.4, -0.2) is 31.5 Å². The van der Waals surface area contributed by atoms with Crippen LogP contribution in [0.3, 0.4) is 0 Å². The number of fused-ring (bicyclic) bond motifs is 1. The van der Waals surface area contributed by atoms with Gasteiger partial charge in [0, 0.05) is 17.1 Å². The molecule has 0 bridgehead atoms. The van der Waals surface area contributed by atoms with Crippen LogP contribution in [0.1, 0.15) is 73.0 Å². The summed E-state index contributed by atoms with van der Waals surface area (Å²) in [5.74, 6) is 0.515. The van der Waals surface area contributed by atoms with Crippen LogP contribution in [-0.2, 0) is 4.79 Å². The zero-order chi connectivity index (χ0) is 24.7. The van der Waals surface area contributed by atoms with Crippen LogP contribution in [0.5, 0.6) is 0 Å². The fourth-order valence-corrected chi connectivity index (χ4v) is 6.35. The normalized spacial score (nSPS) is 19.9. The van der Waals surface area contributed by atoms with E-state index in [-0.39, 0.29) is 17.3 Å². The van der Waals surface area contributed by atoms with Crippen LogP contribution in [0.2, 0.25) is 0 Å². The number of hydrogen-bond donors (Lipinski definition) is 1. The van der Waals surface area contributed by atoms with Crippen molar-refractivity contribution in [3.63, 3.8) is 0 Å². The third-order valence-electron chi connectivity index (χ3n) is 7.35. The molecule has 1 amide bonds. The first-order valence-electron chi connectivity index (χ1n) is 12.6. The molecule has 1 aromatic heterocycles. The highest BCUT2D eigenvalue weighted by atomic mass is 32.2. The number of thioether (sulfide) groups is 1. The highest BCUT2D eigenvalue weighted by Crippen LogP contribution is 2.34. The summed E-state index contributed by atoms with van der Waals surface area (Å²) in [6, 6.07) is 8.50. The molecular formula is C28H33N5OS. The number of aromatic nitrogens is 1. The van der Waals surface area contributed by atoms with Crippen molar-refractivity contribution < 1.29 is 4.79 Å². The Labute approximate surface area is 211 Å². The number of aryl methyl sites for hydroxylation is 3. The highest BCUT2D eigenvalue weighted by molar-refractivity contribution is 8.26. The van der Waals surface area contributed by atoms with Crippen molar-refractivity contribution in [2.45, 2.75) is 72.6 Å². The van der Waals surface area contributed by atoms with E-state index in [1.165, 1.54) is 60.0 Å². The Morgan fingerprint density at radius 1 is 1.11 bits per heavy atom. The Kier molecular flexibility index (Phi) is 6.53. The average Bonchev–Trinajstić information content (AvgIpc) is 3.36. The fraction of sp³-hybridized carbons (Fsp3) is 0.429. The van der Waals surface area contributed by atoms with Crippen LogP contribution in [0.25, 0.3) is 11.8 Å². The molecule has 1 saturated carbocycles. The van der Waals surface area contributed by atoms with Crippen LogP contribution in [0, 0.1) is 39.0 Å². The molecule has 7 heteroatoms. The molecule has 6 nitrogen and oxygen atoms in total. The molecule has 0 saturated heterocycles. The van der Waals surface area contributed by atoms with Crippen molar-refractivity contribution >= 4 is 39.8 Å². The molecule has 35 heavy (non-hydrogen) atoms. The van der Waals surface area contributed by atoms with Gasteiger partial charge in [-0.15, -0.1) is 0 Å². The summed E-state index contributed by atoms with van der Waals surface area (Å²) in [4.78, 5) is 17.2. The number of hydrogen-bond acceptors (Lipinski definition) is 4. The number of carbonyl (C=O) groups is 1. The minimum absolute atomic E-state index is 0.108. The van der Waals surface area contributed by atoms with Crippen molar-refractivity contribution in [3.05, 3.63) is 57.9 Å². The molecule has 1 N–H and O–H groups in total. The standard InChI is InChI=1S/C28H33N5OS/c1-17-10-12-24(18(2)14-17)32-19(3)15-22(20(32)4)16-23-26(29)33-28(30-27(23)34)35-25(31-33)13-11-21-8-6-5-7-9-21/h10,12,14-16,21,29H,5-9,11,13H2,1-4H3/b23-16-,29-26?. The number of nitrogens with one attached hydrogen (secondary N) is 1. The molecule has 0 unspecified atom stereocenters. The number of nitrogens with zero attached hydrogens (tertiary/aromatic N) is 4. The number of carbonyl (C=O) groups excluding carboxylic acids is 1. The van der Waals surface area contributed by atoms with Crippen LogP contribution >= 0.6 is 11.8 Å². The molecule has 3 heterocycles. The maximum Gasteiger partial charge on any atom is 0.283 e. The highest BCUT2D eigenvalue weighted by Gasteiger charge is 2.36. The lowest BCUT2D eigenvalue weighted by atomic mass is 9.86. The van der Waals surface area contributed by atoms with E-state index in [1.54, 1.807) is 6.08 Å². The maximum atomic E-state index is 12.9. The molecule has 182 valence electrons. The zero-order valence-electron chi connectivity index (χ0n) is 21.0. The summed E-state index contributed by atoms with van der Waals surface area (Å²) in [5.41, 5.74) is 6.88. The molecule has 0 atom stereocenters. The second-order valence-corrected chi connectivity index (χ2v) is 11.0. The van der Waals surface area contributed by atoms with Gasteiger partial charge >= 0.3 is 0 Å². The van der Waals surface area contributed by atoms with E-state index in [9.17, 15) is 4.79 Å². The summed E-state index contributed by atoms with van der Waals surface area (Å²) < 4.78 is 2.21. The molecule has 0 radical (unpaired) electrons. The third kappa shape index (κ3) is 4.66. The third-order valence-corrected chi connectivity index (χ3v) is 8.32. The summed E-state index contributed by atoms with van der Waals surface area (Å²) in [6.07, 6.45) is 10.5. The molecule has 2 aliphatic heterocycles. The van der Waals surface area contributed by atoms with Gasteiger partial charge in [-0.1, -0.05) is 49.8 Å². The van der Waals surface area contributed by atoms with Crippen LogP contribution in [0.15, 0.2) is 39.9 Å². The minimum Gasteiger partial charge on any atom is -0.318 e. The van der Waals surface area contributed by atoms with E-state index in [0.717, 1.165) is 46.4 Å². The topological polar surface area (TPSA) is 73.8 Å². The van der Waals surface area contributed by atoms with Gasteiger partial charge in [0.25, 0.3) is 5.91 Å². The Morgan fingerprint density at radius 2 is 1.89 bits per heavy atom. The van der Waals surface area contributed by atoms with Gasteiger partial charge in [-0.25, -0.2) is 0 Å². The average molecular weight is 488 g/mol. The van der Waals surface area contributed by atoms with Crippen molar-refractivity contribution in [1.29, 1.82) is 5.41 Å². The van der Waals surface area contributed by atoms with E-state index >= 15 is 0 Å². The lowest BCUT2D eigenvalue weighted by molar-refractivity contribution is -0.114. The number of amidine groups is 2. The smallest absolute Gasteiger partial charge is 0.283 e. The van der Waals surface area contributed by atoms with Gasteiger partial charge < -0.3 is 4.57 Å². The molecule has 1 aromatic carbocycles. The number of hydrazone groups is 1. The Morgan fingerprint density at radius 3 is 2.63 bits per heavy atom. The van der Waals surface area contributed by atoms with Gasteiger partial charge in [0.15, 0.2) is 5.84 Å². The Hall–Kier alpha value is -2.93. The fourth-order valence-electron chi connectivity index (χ4n) is 5.45. The molecule has 0 spiro atoms. The molecule has 2 aromatic rings. The van der Waals surface area contributed by atoms with Gasteiger partial charge in [-0.05, 0) is 87.6 Å². The summed E-state index contributed by atoms with van der Waals surface area (Å²) in [7, 11) is 0. The first kappa shape index (κ1) is 23.8. The maximum absolute atomic E-state index is 12.9. The number of amides is 1. The quantitative estimate of drug-likeness (QED) is 0.477. The molecule has 1 aliphatic carbocycles. The van der Waals surface area contributed by atoms with Gasteiger partial charge in [-0.3, -0.25) is 10.2 Å². The first-order valence-corrected chi connectivity index (χ1v) is 13.4. The first-order chi connectivity index (χ1) is 16.8. The second kappa shape index (κ2) is 9.61. The largest absolute Gasteiger partial charge is 0.318 e. The van der Waals surface area contributed by atoms with Crippen molar-refractivity contribution in [2.24, 2.45) is 16.0 Å². The second-order valence-electron chi connectivity index (χ2n) is 10.0. The van der Waals surface area contributed by atoms with Crippen molar-refractivity contribution in [2.75, 3.05) is 0 Å². The van der Waals surface area contributed by atoms with E-state index in [2.05, 4.69) is 66.6 Å². The van der Waals surface area contributed by atoms with Gasteiger partial charge in [0.1, 0.15) is 5.04 Å². The lowest BCUT2D eigenvalue weighted by Crippen LogP contribution is -2.35. The van der Waals surface area contributed by atoms with E-state index in [0.29, 0.717) is 5.17 Å². The van der Waals surface area contributed by atoms with Crippen LogP contribution in [0.4, 0.5) is 0 Å². The number of rotatable bonds is 5. The summed E-state index contributed by atoms with van der Waals surface area (Å²) in [5, 5.41) is 16.4. The SMILES string of the molecule is Cc1ccc(-n2c(C)cc(/C=C3/C(=N)N4N=C(CCC5CCCCC5)SC4=NC3=O)c2C)c(C)c1. The molecule has 3 aliphatic rings. The van der Waals surface area contributed by atoms with E-state index < -0.39 is 0 Å². The van der Waals surface area contributed by atoms with E-state index in [1.807, 2.05) is 0 Å². The number of aliphatic imine (C=N–C) groups is 1. The van der Waals surface area contributed by atoms with Crippen LogP contribution < -0.4 is 0 Å².